The highest BCUT2D eigenvalue weighted by molar-refractivity contribution is 6.08. The average Bonchev–Trinajstić information content (AvgIpc) is 2.74. The maximum atomic E-state index is 12.6. The van der Waals surface area contributed by atoms with Gasteiger partial charge in [-0.15, -0.1) is 0 Å². The number of anilines is 1. The SMILES string of the molecule is O=C(Nc1cccc2cccnc12)c1ccc(C#Cc2ccccc2)cc1. The van der Waals surface area contributed by atoms with E-state index in [4.69, 9.17) is 0 Å². The van der Waals surface area contributed by atoms with E-state index < -0.39 is 0 Å². The molecule has 3 aromatic carbocycles. The zero-order valence-electron chi connectivity index (χ0n) is 14.5. The van der Waals surface area contributed by atoms with E-state index in [9.17, 15) is 4.79 Å². The Morgan fingerprint density at radius 2 is 1.44 bits per heavy atom. The molecule has 0 aliphatic carbocycles. The third-order valence-electron chi connectivity index (χ3n) is 4.15. The zero-order chi connectivity index (χ0) is 18.5. The summed E-state index contributed by atoms with van der Waals surface area (Å²) in [6, 6.07) is 26.7. The Kier molecular flexibility index (Phi) is 4.63. The Bertz CT molecular complexity index is 1150. The number of hydrogen-bond acceptors (Lipinski definition) is 2. The second kappa shape index (κ2) is 7.55. The first kappa shape index (κ1) is 16.6. The van der Waals surface area contributed by atoms with E-state index in [-0.39, 0.29) is 5.91 Å². The van der Waals surface area contributed by atoms with Crippen molar-refractivity contribution in [2.75, 3.05) is 5.32 Å². The van der Waals surface area contributed by atoms with Gasteiger partial charge >= 0.3 is 0 Å². The molecule has 128 valence electrons. The van der Waals surface area contributed by atoms with Crippen LogP contribution in [0.5, 0.6) is 0 Å². The molecule has 0 spiro atoms. The summed E-state index contributed by atoms with van der Waals surface area (Å²) in [7, 11) is 0. The summed E-state index contributed by atoms with van der Waals surface area (Å²) in [6.07, 6.45) is 1.72. The molecule has 4 aromatic rings. The number of para-hydroxylation sites is 1. The third-order valence-corrected chi connectivity index (χ3v) is 4.15. The molecule has 4 rings (SSSR count). The number of nitrogens with one attached hydrogen (secondary N) is 1. The van der Waals surface area contributed by atoms with Crippen LogP contribution in [-0.4, -0.2) is 10.9 Å². The van der Waals surface area contributed by atoms with Crippen molar-refractivity contribution in [3.8, 4) is 11.8 Å². The minimum absolute atomic E-state index is 0.171. The third kappa shape index (κ3) is 3.86. The van der Waals surface area contributed by atoms with E-state index >= 15 is 0 Å². The molecular weight excluding hydrogens is 332 g/mol. The number of nitrogens with zero attached hydrogens (tertiary/aromatic N) is 1. The number of fused-ring (bicyclic) bond motifs is 1. The molecule has 3 heteroatoms. The molecule has 0 aliphatic rings. The Morgan fingerprint density at radius 1 is 0.741 bits per heavy atom. The Hall–Kier alpha value is -3.90. The van der Waals surface area contributed by atoms with Crippen LogP contribution in [0.25, 0.3) is 10.9 Å². The minimum atomic E-state index is -0.171. The van der Waals surface area contributed by atoms with Gasteiger partial charge in [-0.3, -0.25) is 9.78 Å². The number of pyridine rings is 1. The van der Waals surface area contributed by atoms with Gasteiger partial charge in [-0.1, -0.05) is 48.2 Å². The van der Waals surface area contributed by atoms with Gasteiger partial charge in [0.25, 0.3) is 5.91 Å². The predicted molar refractivity (Wildman–Crippen MR) is 109 cm³/mol. The molecule has 0 saturated carbocycles. The van der Waals surface area contributed by atoms with Crippen LogP contribution in [-0.2, 0) is 0 Å². The summed E-state index contributed by atoms with van der Waals surface area (Å²) >= 11 is 0. The van der Waals surface area contributed by atoms with Crippen LogP contribution in [0.1, 0.15) is 21.5 Å². The van der Waals surface area contributed by atoms with Gasteiger partial charge in [0.15, 0.2) is 0 Å². The van der Waals surface area contributed by atoms with Crippen LogP contribution in [0.3, 0.4) is 0 Å². The Morgan fingerprint density at radius 3 is 2.22 bits per heavy atom. The maximum Gasteiger partial charge on any atom is 0.255 e. The largest absolute Gasteiger partial charge is 0.320 e. The molecule has 0 unspecified atom stereocenters. The van der Waals surface area contributed by atoms with Gasteiger partial charge < -0.3 is 5.32 Å². The van der Waals surface area contributed by atoms with Crippen molar-refractivity contribution in [2.24, 2.45) is 0 Å². The standard InChI is InChI=1S/C24H16N2O/c27-24(26-22-10-4-8-20-9-5-17-25-23(20)22)21-15-13-19(14-16-21)12-11-18-6-2-1-3-7-18/h1-10,13-17H,(H,26,27). The van der Waals surface area contributed by atoms with Crippen molar-refractivity contribution in [1.29, 1.82) is 0 Å². The Balaban J connectivity index is 1.52. The molecule has 3 nitrogen and oxygen atoms in total. The van der Waals surface area contributed by atoms with Gasteiger partial charge in [0, 0.05) is 28.3 Å². The molecule has 1 aromatic heterocycles. The lowest BCUT2D eigenvalue weighted by molar-refractivity contribution is 0.102. The number of hydrogen-bond donors (Lipinski definition) is 1. The smallest absolute Gasteiger partial charge is 0.255 e. The van der Waals surface area contributed by atoms with Crippen molar-refractivity contribution in [3.05, 3.63) is 108 Å². The van der Waals surface area contributed by atoms with Gasteiger partial charge in [0.05, 0.1) is 11.2 Å². The highest BCUT2D eigenvalue weighted by Crippen LogP contribution is 2.21. The summed E-state index contributed by atoms with van der Waals surface area (Å²) in [5.41, 5.74) is 3.88. The molecule has 0 atom stereocenters. The molecule has 0 fully saturated rings. The van der Waals surface area contributed by atoms with E-state index in [1.165, 1.54) is 0 Å². The summed E-state index contributed by atoms with van der Waals surface area (Å²) in [5.74, 6) is 6.05. The van der Waals surface area contributed by atoms with Crippen LogP contribution in [0.15, 0.2) is 91.1 Å². The molecule has 0 radical (unpaired) electrons. The van der Waals surface area contributed by atoms with Gasteiger partial charge in [-0.25, -0.2) is 0 Å². The van der Waals surface area contributed by atoms with Gasteiger partial charge in [0.2, 0.25) is 0 Å². The van der Waals surface area contributed by atoms with Crippen molar-refractivity contribution < 1.29 is 4.79 Å². The van der Waals surface area contributed by atoms with Crippen LogP contribution < -0.4 is 5.32 Å². The van der Waals surface area contributed by atoms with Crippen LogP contribution in [0, 0.1) is 11.8 Å². The van der Waals surface area contributed by atoms with Crippen molar-refractivity contribution in [2.45, 2.75) is 0 Å². The number of amides is 1. The molecule has 0 aliphatic heterocycles. The quantitative estimate of drug-likeness (QED) is 0.524. The molecule has 0 bridgehead atoms. The number of rotatable bonds is 2. The molecule has 0 saturated heterocycles. The summed E-state index contributed by atoms with van der Waals surface area (Å²) in [4.78, 5) is 16.9. The maximum absolute atomic E-state index is 12.6. The Labute approximate surface area is 157 Å². The molecule has 1 amide bonds. The van der Waals surface area contributed by atoms with Crippen LogP contribution >= 0.6 is 0 Å². The van der Waals surface area contributed by atoms with Gasteiger partial charge in [0.1, 0.15) is 0 Å². The lowest BCUT2D eigenvalue weighted by atomic mass is 10.1. The van der Waals surface area contributed by atoms with E-state index in [1.807, 2.05) is 72.8 Å². The number of benzene rings is 3. The monoisotopic (exact) mass is 348 g/mol. The highest BCUT2D eigenvalue weighted by Gasteiger charge is 2.08. The first-order valence-corrected chi connectivity index (χ1v) is 8.62. The second-order valence-electron chi connectivity index (χ2n) is 6.03. The molecule has 1 N–H and O–H groups in total. The average molecular weight is 348 g/mol. The fraction of sp³-hybridized carbons (Fsp3) is 0. The predicted octanol–water partition coefficient (Wildman–Crippen LogP) is 4.89. The highest BCUT2D eigenvalue weighted by atomic mass is 16.1. The van der Waals surface area contributed by atoms with E-state index in [1.54, 1.807) is 18.3 Å². The van der Waals surface area contributed by atoms with E-state index in [0.29, 0.717) is 11.3 Å². The van der Waals surface area contributed by atoms with Crippen molar-refractivity contribution in [1.82, 2.24) is 4.98 Å². The fourth-order valence-electron chi connectivity index (χ4n) is 2.77. The normalized spacial score (nSPS) is 10.1. The van der Waals surface area contributed by atoms with E-state index in [2.05, 4.69) is 22.1 Å². The first-order valence-electron chi connectivity index (χ1n) is 8.62. The lowest BCUT2D eigenvalue weighted by Crippen LogP contribution is -2.12. The van der Waals surface area contributed by atoms with E-state index in [0.717, 1.165) is 22.0 Å². The topological polar surface area (TPSA) is 42.0 Å². The van der Waals surface area contributed by atoms with Crippen molar-refractivity contribution in [3.63, 3.8) is 0 Å². The van der Waals surface area contributed by atoms with Gasteiger partial charge in [-0.2, -0.15) is 0 Å². The minimum Gasteiger partial charge on any atom is -0.320 e. The molecular formula is C24H16N2O. The van der Waals surface area contributed by atoms with Crippen LogP contribution in [0.2, 0.25) is 0 Å². The summed E-state index contributed by atoms with van der Waals surface area (Å²) in [6.45, 7) is 0. The lowest BCUT2D eigenvalue weighted by Gasteiger charge is -2.08. The van der Waals surface area contributed by atoms with Gasteiger partial charge in [-0.05, 0) is 48.5 Å². The number of aromatic nitrogens is 1. The molecule has 1 heterocycles. The van der Waals surface area contributed by atoms with Crippen molar-refractivity contribution >= 4 is 22.5 Å². The fourth-order valence-corrected chi connectivity index (χ4v) is 2.77. The first-order chi connectivity index (χ1) is 13.3. The summed E-state index contributed by atoms with van der Waals surface area (Å²) < 4.78 is 0. The number of carbonyl (C=O) groups is 1. The van der Waals surface area contributed by atoms with Crippen LogP contribution in [0.4, 0.5) is 5.69 Å². The zero-order valence-corrected chi connectivity index (χ0v) is 14.5. The second-order valence-corrected chi connectivity index (χ2v) is 6.03. The number of carbonyl (C=O) groups excluding carboxylic acids is 1. The summed E-state index contributed by atoms with van der Waals surface area (Å²) in [5, 5.41) is 3.93. The molecule has 27 heavy (non-hydrogen) atoms.